The molecule has 0 N–H and O–H groups in total. The van der Waals surface area contributed by atoms with Gasteiger partial charge in [-0.2, -0.15) is 8.75 Å². The molecule has 0 radical (unpaired) electrons. The Kier molecular flexibility index (Phi) is 8.56. The molecule has 0 saturated carbocycles. The summed E-state index contributed by atoms with van der Waals surface area (Å²) in [6.07, 6.45) is 0. The van der Waals surface area contributed by atoms with Gasteiger partial charge in [0.15, 0.2) is 17.5 Å². The number of fused-ring (bicyclic) bond motifs is 5. The van der Waals surface area contributed by atoms with Gasteiger partial charge in [-0.3, -0.25) is 0 Å². The molecule has 8 aromatic carbocycles. The van der Waals surface area contributed by atoms with Crippen molar-refractivity contribution in [1.29, 1.82) is 0 Å². The van der Waals surface area contributed by atoms with Gasteiger partial charge in [-0.05, 0) is 51.6 Å². The molecule has 0 aliphatic heterocycles. The number of para-hydroxylation sites is 1. The molecule has 3 aromatic heterocycles. The fraction of sp³-hybridized carbons (Fsp3) is 0. The van der Waals surface area contributed by atoms with Crippen LogP contribution in [0.2, 0.25) is 0 Å². The first-order chi connectivity index (χ1) is 29.2. The van der Waals surface area contributed by atoms with E-state index in [-0.39, 0.29) is 0 Å². The second-order valence-corrected chi connectivity index (χ2v) is 15.0. The van der Waals surface area contributed by atoms with E-state index >= 15 is 0 Å². The Hall–Kier alpha value is -7.74. The molecule has 276 valence electrons. The van der Waals surface area contributed by atoms with Gasteiger partial charge in [0.2, 0.25) is 0 Å². The Morgan fingerprint density at radius 1 is 0.271 bits per heavy atom. The van der Waals surface area contributed by atoms with Gasteiger partial charge in [-0.1, -0.05) is 176 Å². The first-order valence-electron chi connectivity index (χ1n) is 19.4. The highest BCUT2D eigenvalue weighted by atomic mass is 32.1. The molecule has 0 aliphatic carbocycles. The average Bonchev–Trinajstić information content (AvgIpc) is 3.82. The van der Waals surface area contributed by atoms with E-state index in [4.69, 9.17) is 19.9 Å². The Balaban J connectivity index is 0.936. The molecule has 6 nitrogen and oxygen atoms in total. The van der Waals surface area contributed by atoms with Gasteiger partial charge in [0.1, 0.15) is 11.0 Å². The number of rotatable bonds is 7. The van der Waals surface area contributed by atoms with Crippen LogP contribution in [0, 0.1) is 0 Å². The largest absolute Gasteiger partial charge is 0.247 e. The highest BCUT2D eigenvalue weighted by Crippen LogP contribution is 2.37. The number of nitrogens with zero attached hydrogens (tertiary/aromatic N) is 6. The zero-order valence-corrected chi connectivity index (χ0v) is 32.4. The van der Waals surface area contributed by atoms with Crippen molar-refractivity contribution in [1.82, 2.24) is 28.7 Å². The number of pyridine rings is 1. The summed E-state index contributed by atoms with van der Waals surface area (Å²) in [6, 6.07) is 67.1. The highest BCUT2D eigenvalue weighted by Gasteiger charge is 2.16. The van der Waals surface area contributed by atoms with Crippen LogP contribution in [0.3, 0.4) is 0 Å². The molecule has 11 aromatic rings. The Bertz CT molecular complexity index is 3170. The van der Waals surface area contributed by atoms with Gasteiger partial charge in [0, 0.05) is 38.4 Å². The third-order valence-corrected chi connectivity index (χ3v) is 11.4. The summed E-state index contributed by atoms with van der Waals surface area (Å²) < 4.78 is 9.18. The predicted molar refractivity (Wildman–Crippen MR) is 242 cm³/mol. The molecule has 0 bridgehead atoms. The predicted octanol–water partition coefficient (Wildman–Crippen LogP) is 13.2. The standard InChI is InChI=1S/C52H32N6S/c1-3-9-33(10-4-1)35-17-25-40(26-18-35)50-54-51(41-27-19-36(20-28-41)34-11-5-2-6-12-34)56-52(55-50)42-29-21-38(22-30-42)37-15-23-39(24-16-37)48-44-31-32-46-49(58-59-57-46)47(44)43-13-7-8-14-45(43)53-48/h1-32H. The minimum atomic E-state index is 0.616. The maximum absolute atomic E-state index is 5.14. The van der Waals surface area contributed by atoms with Gasteiger partial charge in [-0.25, -0.2) is 19.9 Å². The number of hydrogen-bond donors (Lipinski definition) is 0. The summed E-state index contributed by atoms with van der Waals surface area (Å²) in [5.74, 6) is 1.86. The molecule has 0 aliphatic rings. The maximum atomic E-state index is 5.14. The summed E-state index contributed by atoms with van der Waals surface area (Å²) in [7, 11) is 0. The smallest absolute Gasteiger partial charge is 0.164 e. The quantitative estimate of drug-likeness (QED) is 0.150. The summed E-state index contributed by atoms with van der Waals surface area (Å²) >= 11 is 1.24. The Morgan fingerprint density at radius 2 is 0.678 bits per heavy atom. The lowest BCUT2D eigenvalue weighted by atomic mass is 9.97. The fourth-order valence-electron chi connectivity index (χ4n) is 7.78. The number of benzene rings is 8. The average molecular weight is 773 g/mol. The lowest BCUT2D eigenvalue weighted by Crippen LogP contribution is -2.00. The Morgan fingerprint density at radius 3 is 1.17 bits per heavy atom. The highest BCUT2D eigenvalue weighted by molar-refractivity contribution is 7.00. The maximum Gasteiger partial charge on any atom is 0.164 e. The summed E-state index contributed by atoms with van der Waals surface area (Å²) in [5, 5.41) is 3.24. The van der Waals surface area contributed by atoms with Crippen molar-refractivity contribution in [2.24, 2.45) is 0 Å². The summed E-state index contributed by atoms with van der Waals surface area (Å²) in [6.45, 7) is 0. The van der Waals surface area contributed by atoms with Gasteiger partial charge in [0.25, 0.3) is 0 Å². The zero-order valence-electron chi connectivity index (χ0n) is 31.6. The lowest BCUT2D eigenvalue weighted by molar-refractivity contribution is 1.07. The molecule has 0 saturated heterocycles. The monoisotopic (exact) mass is 772 g/mol. The van der Waals surface area contributed by atoms with Crippen molar-refractivity contribution in [3.8, 4) is 78.8 Å². The van der Waals surface area contributed by atoms with Crippen LogP contribution in [0.25, 0.3) is 112 Å². The second-order valence-electron chi connectivity index (χ2n) is 14.4. The second kappa shape index (κ2) is 14.6. The number of aromatic nitrogens is 6. The van der Waals surface area contributed by atoms with E-state index in [1.807, 2.05) is 24.3 Å². The molecule has 11 rings (SSSR count). The van der Waals surface area contributed by atoms with E-state index in [9.17, 15) is 0 Å². The third kappa shape index (κ3) is 6.49. The summed E-state index contributed by atoms with van der Waals surface area (Å²) in [5.41, 5.74) is 14.3. The molecule has 0 spiro atoms. The molecule has 0 amide bonds. The topological polar surface area (TPSA) is 77.3 Å². The number of hydrogen-bond acceptors (Lipinski definition) is 7. The van der Waals surface area contributed by atoms with Crippen LogP contribution >= 0.6 is 11.7 Å². The first-order valence-corrected chi connectivity index (χ1v) is 20.2. The van der Waals surface area contributed by atoms with Gasteiger partial charge in [-0.15, -0.1) is 0 Å². The molecule has 3 heterocycles. The van der Waals surface area contributed by atoms with Crippen molar-refractivity contribution >= 4 is 44.4 Å². The van der Waals surface area contributed by atoms with Crippen LogP contribution < -0.4 is 0 Å². The van der Waals surface area contributed by atoms with E-state index in [1.165, 1.54) is 22.9 Å². The van der Waals surface area contributed by atoms with E-state index in [1.54, 1.807) is 0 Å². The van der Waals surface area contributed by atoms with Crippen molar-refractivity contribution in [2.45, 2.75) is 0 Å². The van der Waals surface area contributed by atoms with Crippen molar-refractivity contribution < 1.29 is 0 Å². The normalized spacial score (nSPS) is 11.4. The van der Waals surface area contributed by atoms with E-state index in [2.05, 4.69) is 179 Å². The van der Waals surface area contributed by atoms with Crippen LogP contribution in [0.15, 0.2) is 194 Å². The van der Waals surface area contributed by atoms with Crippen LogP contribution in [0.4, 0.5) is 0 Å². The summed E-state index contributed by atoms with van der Waals surface area (Å²) in [4.78, 5) is 20.2. The third-order valence-electron chi connectivity index (χ3n) is 10.9. The minimum Gasteiger partial charge on any atom is -0.247 e. The van der Waals surface area contributed by atoms with Crippen LogP contribution in [0.1, 0.15) is 0 Å². The van der Waals surface area contributed by atoms with Crippen molar-refractivity contribution in [2.75, 3.05) is 0 Å². The molecular weight excluding hydrogens is 741 g/mol. The van der Waals surface area contributed by atoms with Gasteiger partial charge in [0.05, 0.1) is 22.9 Å². The first kappa shape index (κ1) is 34.5. The van der Waals surface area contributed by atoms with Gasteiger partial charge < -0.3 is 0 Å². The van der Waals surface area contributed by atoms with Crippen LogP contribution in [-0.4, -0.2) is 28.7 Å². The van der Waals surface area contributed by atoms with Crippen molar-refractivity contribution in [3.63, 3.8) is 0 Å². The molecule has 0 fully saturated rings. The zero-order chi connectivity index (χ0) is 39.1. The molecule has 0 atom stereocenters. The van der Waals surface area contributed by atoms with E-state index in [0.29, 0.717) is 17.5 Å². The molecular formula is C52H32N6S. The van der Waals surface area contributed by atoms with Crippen LogP contribution in [-0.2, 0) is 0 Å². The SMILES string of the molecule is c1ccc(-c2ccc(-c3nc(-c4ccc(-c5ccccc5)cc4)nc(-c4ccc(-c5ccc(-c6nc7ccccc7c7c6ccc6nsnc67)cc5)cc4)n3)cc2)cc1. The van der Waals surface area contributed by atoms with Gasteiger partial charge >= 0.3 is 0 Å². The molecule has 7 heteroatoms. The lowest BCUT2D eigenvalue weighted by Gasteiger charge is -2.12. The van der Waals surface area contributed by atoms with E-state index in [0.717, 1.165) is 82.9 Å². The molecule has 59 heavy (non-hydrogen) atoms. The van der Waals surface area contributed by atoms with Crippen LogP contribution in [0.5, 0.6) is 0 Å². The van der Waals surface area contributed by atoms with Crippen molar-refractivity contribution in [3.05, 3.63) is 194 Å². The van der Waals surface area contributed by atoms with E-state index < -0.39 is 0 Å². The fourth-order valence-corrected chi connectivity index (χ4v) is 8.33. The minimum absolute atomic E-state index is 0.616. The molecule has 0 unspecified atom stereocenters. The Labute approximate surface area is 344 Å².